The molecular weight excluding hydrogens is 324 g/mol. The van der Waals surface area contributed by atoms with Gasteiger partial charge in [0.15, 0.2) is 0 Å². The molecule has 0 radical (unpaired) electrons. The minimum atomic E-state index is -3.44. The molecule has 1 heterocycles. The topological polar surface area (TPSA) is 58.6 Å². The fourth-order valence-corrected chi connectivity index (χ4v) is 4.16. The summed E-state index contributed by atoms with van der Waals surface area (Å²) in [5, 5.41) is 0. The van der Waals surface area contributed by atoms with Gasteiger partial charge in [0.25, 0.3) is 0 Å². The summed E-state index contributed by atoms with van der Waals surface area (Å²) < 4.78 is 32.7. The summed E-state index contributed by atoms with van der Waals surface area (Å²) in [6, 6.07) is 16.4. The quantitative estimate of drug-likeness (QED) is 0.873. The molecule has 2 aromatic carbocycles. The van der Waals surface area contributed by atoms with Crippen LogP contribution in [0.25, 0.3) is 0 Å². The first-order valence-corrected chi connectivity index (χ1v) is 9.51. The third-order valence-electron chi connectivity index (χ3n) is 4.33. The van der Waals surface area contributed by atoms with Crippen LogP contribution >= 0.6 is 0 Å². The van der Waals surface area contributed by atoms with Crippen LogP contribution in [0.2, 0.25) is 0 Å². The van der Waals surface area contributed by atoms with Crippen molar-refractivity contribution in [3.05, 3.63) is 54.6 Å². The van der Waals surface area contributed by atoms with E-state index < -0.39 is 10.0 Å². The predicted molar refractivity (Wildman–Crippen MR) is 94.9 cm³/mol. The van der Waals surface area contributed by atoms with Crippen molar-refractivity contribution < 1.29 is 13.2 Å². The number of nitrogens with one attached hydrogen (secondary N) is 1. The molecule has 1 atom stereocenters. The lowest BCUT2D eigenvalue weighted by Crippen LogP contribution is -2.31. The average Bonchev–Trinajstić information content (AvgIpc) is 3.10. The molecule has 0 bridgehead atoms. The summed E-state index contributed by atoms with van der Waals surface area (Å²) in [7, 11) is -1.77. The standard InChI is InChI=1S/C18H22N2O3S/c1-23-18-10-6-5-9-17(18)20-12-11-15(14-20)13-19-24(21,22)16-7-3-2-4-8-16/h2-10,15,19H,11-14H2,1H3. The lowest BCUT2D eigenvalue weighted by Gasteiger charge is -2.21. The second kappa shape index (κ2) is 7.23. The van der Waals surface area contributed by atoms with Gasteiger partial charge in [0, 0.05) is 19.6 Å². The number of ether oxygens (including phenoxy) is 1. The lowest BCUT2D eigenvalue weighted by atomic mass is 10.1. The highest BCUT2D eigenvalue weighted by Gasteiger charge is 2.26. The fourth-order valence-electron chi connectivity index (χ4n) is 3.02. The number of nitrogens with zero attached hydrogens (tertiary/aromatic N) is 1. The van der Waals surface area contributed by atoms with E-state index in [4.69, 9.17) is 4.74 Å². The number of para-hydroxylation sites is 2. The molecule has 0 aliphatic carbocycles. The van der Waals surface area contributed by atoms with Crippen LogP contribution in [0.3, 0.4) is 0 Å². The smallest absolute Gasteiger partial charge is 0.240 e. The minimum Gasteiger partial charge on any atom is -0.495 e. The van der Waals surface area contributed by atoms with E-state index in [0.29, 0.717) is 11.4 Å². The van der Waals surface area contributed by atoms with Gasteiger partial charge in [-0.2, -0.15) is 0 Å². The number of hydrogen-bond acceptors (Lipinski definition) is 4. The van der Waals surface area contributed by atoms with Gasteiger partial charge in [-0.1, -0.05) is 30.3 Å². The second-order valence-electron chi connectivity index (χ2n) is 5.94. The number of sulfonamides is 1. The van der Waals surface area contributed by atoms with Crippen molar-refractivity contribution >= 4 is 15.7 Å². The predicted octanol–water partition coefficient (Wildman–Crippen LogP) is 2.50. The summed E-state index contributed by atoms with van der Waals surface area (Å²) in [5.74, 6) is 1.14. The Morgan fingerprint density at radius 3 is 2.58 bits per heavy atom. The Morgan fingerprint density at radius 1 is 1.12 bits per heavy atom. The lowest BCUT2D eigenvalue weighted by molar-refractivity contribution is 0.414. The van der Waals surface area contributed by atoms with Crippen molar-refractivity contribution in [2.75, 3.05) is 31.6 Å². The molecule has 128 valence electrons. The van der Waals surface area contributed by atoms with Crippen LogP contribution in [0.1, 0.15) is 6.42 Å². The molecule has 6 heteroatoms. The molecule has 0 amide bonds. The van der Waals surface area contributed by atoms with Gasteiger partial charge < -0.3 is 9.64 Å². The normalized spacial score (nSPS) is 17.9. The van der Waals surface area contributed by atoms with Gasteiger partial charge in [0.05, 0.1) is 17.7 Å². The van der Waals surface area contributed by atoms with Gasteiger partial charge in [-0.25, -0.2) is 13.1 Å². The summed E-state index contributed by atoms with van der Waals surface area (Å²) in [6.07, 6.45) is 0.954. The maximum Gasteiger partial charge on any atom is 0.240 e. The maximum atomic E-state index is 12.3. The van der Waals surface area contributed by atoms with Crippen LogP contribution in [-0.2, 0) is 10.0 Å². The van der Waals surface area contributed by atoms with Crippen LogP contribution in [0.5, 0.6) is 5.75 Å². The summed E-state index contributed by atoms with van der Waals surface area (Å²) in [5.41, 5.74) is 1.06. The zero-order valence-electron chi connectivity index (χ0n) is 13.7. The van der Waals surface area contributed by atoms with Crippen LogP contribution in [0.4, 0.5) is 5.69 Å². The molecule has 1 aliphatic rings. The van der Waals surface area contributed by atoms with Gasteiger partial charge in [0.2, 0.25) is 10.0 Å². The van der Waals surface area contributed by atoms with Crippen LogP contribution in [0.15, 0.2) is 59.5 Å². The van der Waals surface area contributed by atoms with E-state index in [9.17, 15) is 8.42 Å². The van der Waals surface area contributed by atoms with Gasteiger partial charge >= 0.3 is 0 Å². The Bertz CT molecular complexity index is 778. The third-order valence-corrected chi connectivity index (χ3v) is 5.77. The van der Waals surface area contributed by atoms with Crippen molar-refractivity contribution in [3.63, 3.8) is 0 Å². The van der Waals surface area contributed by atoms with Crippen molar-refractivity contribution in [1.29, 1.82) is 0 Å². The molecule has 3 rings (SSSR count). The Kier molecular flexibility index (Phi) is 5.06. The molecule has 24 heavy (non-hydrogen) atoms. The van der Waals surface area contributed by atoms with E-state index in [0.717, 1.165) is 30.9 Å². The van der Waals surface area contributed by atoms with Gasteiger partial charge in [0.1, 0.15) is 5.75 Å². The summed E-state index contributed by atoms with van der Waals surface area (Å²) in [6.45, 7) is 2.17. The fraction of sp³-hybridized carbons (Fsp3) is 0.333. The van der Waals surface area contributed by atoms with Crippen molar-refractivity contribution in [2.24, 2.45) is 5.92 Å². The molecule has 1 unspecified atom stereocenters. The molecular formula is C18H22N2O3S. The Labute approximate surface area is 143 Å². The molecule has 1 saturated heterocycles. The third kappa shape index (κ3) is 3.71. The van der Waals surface area contributed by atoms with Crippen LogP contribution in [-0.4, -0.2) is 35.2 Å². The summed E-state index contributed by atoms with van der Waals surface area (Å²) in [4.78, 5) is 2.56. The summed E-state index contributed by atoms with van der Waals surface area (Å²) >= 11 is 0. The van der Waals surface area contributed by atoms with Crippen molar-refractivity contribution in [2.45, 2.75) is 11.3 Å². The van der Waals surface area contributed by atoms with E-state index >= 15 is 0 Å². The van der Waals surface area contributed by atoms with Gasteiger partial charge in [-0.3, -0.25) is 0 Å². The van der Waals surface area contributed by atoms with Crippen molar-refractivity contribution in [3.8, 4) is 5.75 Å². The van der Waals surface area contributed by atoms with E-state index in [-0.39, 0.29) is 5.92 Å². The first kappa shape index (κ1) is 16.8. The Morgan fingerprint density at radius 2 is 1.83 bits per heavy atom. The second-order valence-corrected chi connectivity index (χ2v) is 7.70. The molecule has 1 N–H and O–H groups in total. The Hall–Kier alpha value is -2.05. The molecule has 2 aromatic rings. The first-order chi connectivity index (χ1) is 11.6. The zero-order valence-corrected chi connectivity index (χ0v) is 14.5. The van der Waals surface area contributed by atoms with Crippen molar-refractivity contribution in [1.82, 2.24) is 4.72 Å². The maximum absolute atomic E-state index is 12.3. The van der Waals surface area contributed by atoms with Gasteiger partial charge in [-0.05, 0) is 36.6 Å². The molecule has 0 aromatic heterocycles. The molecule has 0 spiro atoms. The Balaban J connectivity index is 1.61. The number of hydrogen-bond donors (Lipinski definition) is 1. The first-order valence-electron chi connectivity index (χ1n) is 8.03. The van der Waals surface area contributed by atoms with Crippen LogP contribution < -0.4 is 14.4 Å². The SMILES string of the molecule is COc1ccccc1N1CCC(CNS(=O)(=O)c2ccccc2)C1. The van der Waals surface area contributed by atoms with E-state index in [1.807, 2.05) is 24.3 Å². The average molecular weight is 346 g/mol. The largest absolute Gasteiger partial charge is 0.495 e. The minimum absolute atomic E-state index is 0.286. The van der Waals surface area contributed by atoms with Crippen LogP contribution in [0, 0.1) is 5.92 Å². The highest BCUT2D eigenvalue weighted by atomic mass is 32.2. The molecule has 1 aliphatic heterocycles. The number of methoxy groups -OCH3 is 1. The highest BCUT2D eigenvalue weighted by molar-refractivity contribution is 7.89. The zero-order chi connectivity index (χ0) is 17.0. The number of anilines is 1. The molecule has 5 nitrogen and oxygen atoms in total. The van der Waals surface area contributed by atoms with Gasteiger partial charge in [-0.15, -0.1) is 0 Å². The number of benzene rings is 2. The van der Waals surface area contributed by atoms with E-state index in [2.05, 4.69) is 9.62 Å². The van der Waals surface area contributed by atoms with E-state index in [1.165, 1.54) is 0 Å². The van der Waals surface area contributed by atoms with E-state index in [1.54, 1.807) is 37.4 Å². The number of rotatable bonds is 6. The molecule has 0 saturated carbocycles. The monoisotopic (exact) mass is 346 g/mol. The highest BCUT2D eigenvalue weighted by Crippen LogP contribution is 2.31. The molecule has 1 fully saturated rings.